The molecule has 0 amide bonds. The standard InChI is InChI=1S/C11H12N4O2/c1-8-5-9(10-6-12-3-4-13-10)14-15(8)7-11(16)17-2/h3-6H,7H2,1-2H3. The lowest BCUT2D eigenvalue weighted by Crippen LogP contribution is -2.13. The largest absolute Gasteiger partial charge is 0.468 e. The van der Waals surface area contributed by atoms with Crippen molar-refractivity contribution in [3.05, 3.63) is 30.4 Å². The lowest BCUT2D eigenvalue weighted by atomic mass is 10.3. The molecule has 0 aliphatic heterocycles. The fourth-order valence-electron chi connectivity index (χ4n) is 1.41. The first-order valence-electron chi connectivity index (χ1n) is 5.08. The van der Waals surface area contributed by atoms with Gasteiger partial charge in [-0.3, -0.25) is 19.4 Å². The minimum atomic E-state index is -0.332. The van der Waals surface area contributed by atoms with Gasteiger partial charge in [0.25, 0.3) is 0 Å². The molecule has 2 aromatic rings. The van der Waals surface area contributed by atoms with E-state index in [1.54, 1.807) is 23.3 Å². The molecule has 0 aliphatic carbocycles. The molecule has 17 heavy (non-hydrogen) atoms. The number of aromatic nitrogens is 4. The highest BCUT2D eigenvalue weighted by atomic mass is 16.5. The smallest absolute Gasteiger partial charge is 0.327 e. The first-order valence-corrected chi connectivity index (χ1v) is 5.08. The Bertz CT molecular complexity index is 522. The van der Waals surface area contributed by atoms with Crippen LogP contribution in [-0.2, 0) is 16.1 Å². The van der Waals surface area contributed by atoms with Gasteiger partial charge in [0.05, 0.1) is 13.3 Å². The van der Waals surface area contributed by atoms with E-state index in [2.05, 4.69) is 19.8 Å². The van der Waals surface area contributed by atoms with E-state index >= 15 is 0 Å². The van der Waals surface area contributed by atoms with E-state index in [1.807, 2.05) is 13.0 Å². The molecule has 0 radical (unpaired) electrons. The van der Waals surface area contributed by atoms with E-state index in [1.165, 1.54) is 7.11 Å². The number of carbonyl (C=O) groups excluding carboxylic acids is 1. The lowest BCUT2D eigenvalue weighted by Gasteiger charge is -2.01. The zero-order chi connectivity index (χ0) is 12.3. The number of ether oxygens (including phenoxy) is 1. The summed E-state index contributed by atoms with van der Waals surface area (Å²) in [6, 6.07) is 1.85. The Kier molecular flexibility index (Phi) is 3.13. The van der Waals surface area contributed by atoms with Crippen LogP contribution in [0.1, 0.15) is 5.69 Å². The number of carbonyl (C=O) groups is 1. The quantitative estimate of drug-likeness (QED) is 0.733. The van der Waals surface area contributed by atoms with Crippen LogP contribution < -0.4 is 0 Å². The zero-order valence-corrected chi connectivity index (χ0v) is 9.62. The van der Waals surface area contributed by atoms with Crippen molar-refractivity contribution in [2.24, 2.45) is 0 Å². The summed E-state index contributed by atoms with van der Waals surface area (Å²) in [5.74, 6) is -0.332. The summed E-state index contributed by atoms with van der Waals surface area (Å²) in [6.45, 7) is 1.97. The van der Waals surface area contributed by atoms with Crippen molar-refractivity contribution in [1.29, 1.82) is 0 Å². The predicted molar refractivity (Wildman–Crippen MR) is 60.0 cm³/mol. The Morgan fingerprint density at radius 1 is 1.41 bits per heavy atom. The first-order chi connectivity index (χ1) is 8.20. The van der Waals surface area contributed by atoms with E-state index in [0.29, 0.717) is 11.4 Å². The van der Waals surface area contributed by atoms with Crippen LogP contribution in [0.3, 0.4) is 0 Å². The number of rotatable bonds is 3. The van der Waals surface area contributed by atoms with Crippen molar-refractivity contribution in [2.75, 3.05) is 7.11 Å². The second kappa shape index (κ2) is 4.73. The molecule has 0 atom stereocenters. The van der Waals surface area contributed by atoms with Gasteiger partial charge in [-0.2, -0.15) is 5.10 Å². The van der Waals surface area contributed by atoms with Gasteiger partial charge in [-0.05, 0) is 13.0 Å². The van der Waals surface area contributed by atoms with Gasteiger partial charge in [-0.25, -0.2) is 0 Å². The Labute approximate surface area is 98.3 Å². The number of aryl methyl sites for hydroxylation is 1. The fourth-order valence-corrected chi connectivity index (χ4v) is 1.41. The van der Waals surface area contributed by atoms with Gasteiger partial charge in [0.2, 0.25) is 0 Å². The number of esters is 1. The fraction of sp³-hybridized carbons (Fsp3) is 0.273. The maximum absolute atomic E-state index is 11.2. The van der Waals surface area contributed by atoms with Crippen LogP contribution in [0.2, 0.25) is 0 Å². The van der Waals surface area contributed by atoms with Crippen LogP contribution >= 0.6 is 0 Å². The van der Waals surface area contributed by atoms with Gasteiger partial charge in [0, 0.05) is 18.1 Å². The summed E-state index contributed by atoms with van der Waals surface area (Å²) in [4.78, 5) is 19.3. The molecule has 2 rings (SSSR count). The van der Waals surface area contributed by atoms with Crippen molar-refractivity contribution in [3.63, 3.8) is 0 Å². The Morgan fingerprint density at radius 2 is 2.24 bits per heavy atom. The average molecular weight is 232 g/mol. The van der Waals surface area contributed by atoms with Crippen molar-refractivity contribution in [3.8, 4) is 11.4 Å². The number of methoxy groups -OCH3 is 1. The van der Waals surface area contributed by atoms with Crippen molar-refractivity contribution >= 4 is 5.97 Å². The van der Waals surface area contributed by atoms with Gasteiger partial charge in [0.1, 0.15) is 17.9 Å². The molecular weight excluding hydrogens is 220 g/mol. The molecule has 0 N–H and O–H groups in total. The molecule has 0 saturated heterocycles. The molecule has 6 nitrogen and oxygen atoms in total. The summed E-state index contributed by atoms with van der Waals surface area (Å²) in [5, 5.41) is 4.28. The third-order valence-corrected chi connectivity index (χ3v) is 2.31. The Balaban J connectivity index is 2.28. The Hall–Kier alpha value is -2.24. The maximum atomic E-state index is 11.2. The molecule has 0 aromatic carbocycles. The summed E-state index contributed by atoms with van der Waals surface area (Å²) < 4.78 is 6.18. The molecule has 0 fully saturated rings. The molecule has 88 valence electrons. The molecule has 0 bridgehead atoms. The van der Waals surface area contributed by atoms with Crippen LogP contribution in [0.15, 0.2) is 24.7 Å². The van der Waals surface area contributed by atoms with Crippen LogP contribution in [0.25, 0.3) is 11.4 Å². The number of hydrogen-bond acceptors (Lipinski definition) is 5. The van der Waals surface area contributed by atoms with Crippen molar-refractivity contribution in [2.45, 2.75) is 13.5 Å². The highest BCUT2D eigenvalue weighted by Crippen LogP contribution is 2.14. The van der Waals surface area contributed by atoms with Crippen LogP contribution in [0.4, 0.5) is 0 Å². The third-order valence-electron chi connectivity index (χ3n) is 2.31. The molecular formula is C11H12N4O2. The van der Waals surface area contributed by atoms with Gasteiger partial charge >= 0.3 is 5.97 Å². The van der Waals surface area contributed by atoms with Gasteiger partial charge in [-0.15, -0.1) is 0 Å². The monoisotopic (exact) mass is 232 g/mol. The van der Waals surface area contributed by atoms with E-state index in [-0.39, 0.29) is 12.5 Å². The van der Waals surface area contributed by atoms with Crippen LogP contribution in [0.5, 0.6) is 0 Å². The van der Waals surface area contributed by atoms with Crippen molar-refractivity contribution < 1.29 is 9.53 Å². The number of hydrogen-bond donors (Lipinski definition) is 0. The number of nitrogens with zero attached hydrogens (tertiary/aromatic N) is 4. The molecule has 2 heterocycles. The molecule has 0 unspecified atom stereocenters. The highest BCUT2D eigenvalue weighted by molar-refractivity contribution is 5.69. The normalized spacial score (nSPS) is 10.2. The van der Waals surface area contributed by atoms with Crippen molar-refractivity contribution in [1.82, 2.24) is 19.7 Å². The minimum Gasteiger partial charge on any atom is -0.468 e. The molecule has 6 heteroatoms. The molecule has 0 saturated carbocycles. The van der Waals surface area contributed by atoms with E-state index in [4.69, 9.17) is 0 Å². The second-order valence-corrected chi connectivity index (χ2v) is 3.50. The molecule has 2 aromatic heterocycles. The van der Waals surface area contributed by atoms with Gasteiger partial charge < -0.3 is 4.74 Å². The lowest BCUT2D eigenvalue weighted by molar-refractivity contribution is -0.141. The second-order valence-electron chi connectivity index (χ2n) is 3.50. The van der Waals surface area contributed by atoms with E-state index in [0.717, 1.165) is 5.69 Å². The maximum Gasteiger partial charge on any atom is 0.327 e. The molecule has 0 spiro atoms. The zero-order valence-electron chi connectivity index (χ0n) is 9.62. The third kappa shape index (κ3) is 2.47. The summed E-state index contributed by atoms with van der Waals surface area (Å²) in [7, 11) is 1.35. The summed E-state index contributed by atoms with van der Waals surface area (Å²) >= 11 is 0. The SMILES string of the molecule is COC(=O)Cn1nc(-c2cnccn2)cc1C. The topological polar surface area (TPSA) is 69.9 Å². The summed E-state index contributed by atoms with van der Waals surface area (Å²) in [6.07, 6.45) is 4.83. The minimum absolute atomic E-state index is 0.0998. The van der Waals surface area contributed by atoms with Gasteiger partial charge in [-0.1, -0.05) is 0 Å². The van der Waals surface area contributed by atoms with Crippen LogP contribution in [0, 0.1) is 6.92 Å². The Morgan fingerprint density at radius 3 is 2.88 bits per heavy atom. The highest BCUT2D eigenvalue weighted by Gasteiger charge is 2.10. The first kappa shape index (κ1) is 11.3. The van der Waals surface area contributed by atoms with E-state index < -0.39 is 0 Å². The summed E-state index contributed by atoms with van der Waals surface area (Å²) in [5.41, 5.74) is 2.25. The molecule has 0 aliphatic rings. The van der Waals surface area contributed by atoms with E-state index in [9.17, 15) is 4.79 Å². The van der Waals surface area contributed by atoms with Crippen LogP contribution in [-0.4, -0.2) is 32.8 Å². The predicted octanol–water partition coefficient (Wildman–Crippen LogP) is 0.822. The van der Waals surface area contributed by atoms with Gasteiger partial charge in [0.15, 0.2) is 0 Å². The average Bonchev–Trinajstić information content (AvgIpc) is 2.72.